The van der Waals surface area contributed by atoms with E-state index >= 15 is 0 Å². The van der Waals surface area contributed by atoms with Gasteiger partial charge in [0.15, 0.2) is 0 Å². The summed E-state index contributed by atoms with van der Waals surface area (Å²) in [4.78, 5) is 16.0. The Morgan fingerprint density at radius 2 is 1.30 bits per heavy atom. The van der Waals surface area contributed by atoms with Crippen LogP contribution in [0.15, 0.2) is 95.9 Å². The molecule has 0 aliphatic carbocycles. The van der Waals surface area contributed by atoms with Crippen LogP contribution < -0.4 is 4.90 Å². The van der Waals surface area contributed by atoms with Gasteiger partial charge >= 0.3 is 0 Å². The van der Waals surface area contributed by atoms with Crippen LogP contribution in [-0.2, 0) is 15.6 Å². The maximum absolute atomic E-state index is 13.5. The van der Waals surface area contributed by atoms with E-state index in [-0.39, 0.29) is 11.9 Å². The molecule has 0 aromatic heterocycles. The first-order chi connectivity index (χ1) is 13.3. The Labute approximate surface area is 162 Å². The quantitative estimate of drug-likeness (QED) is 0.661. The number of hydrogen-bond donors (Lipinski definition) is 0. The summed E-state index contributed by atoms with van der Waals surface area (Å²) in [7, 11) is -1.36. The molecule has 1 aliphatic heterocycles. The van der Waals surface area contributed by atoms with Crippen LogP contribution in [0.25, 0.3) is 0 Å². The number of anilines is 1. The van der Waals surface area contributed by atoms with Gasteiger partial charge in [-0.3, -0.25) is 9.00 Å². The zero-order valence-corrected chi connectivity index (χ0v) is 15.7. The molecule has 3 aromatic rings. The first-order valence-corrected chi connectivity index (χ1v) is 10.4. The molecule has 3 nitrogen and oxygen atoms in total. The van der Waals surface area contributed by atoms with Crippen LogP contribution in [-0.4, -0.2) is 15.4 Å². The van der Waals surface area contributed by atoms with Gasteiger partial charge < -0.3 is 4.90 Å². The second-order valence-electron chi connectivity index (χ2n) is 6.65. The largest absolute Gasteiger partial charge is 0.304 e. The molecule has 4 rings (SSSR count). The van der Waals surface area contributed by atoms with Crippen LogP contribution in [0.3, 0.4) is 0 Å². The van der Waals surface area contributed by atoms with Gasteiger partial charge in [-0.1, -0.05) is 66.7 Å². The molecule has 1 fully saturated rings. The van der Waals surface area contributed by atoms with E-state index in [1.54, 1.807) is 0 Å². The molecule has 3 aromatic carbocycles. The Morgan fingerprint density at radius 3 is 1.93 bits per heavy atom. The van der Waals surface area contributed by atoms with Crippen LogP contribution in [0, 0.1) is 0 Å². The van der Waals surface area contributed by atoms with E-state index in [0.29, 0.717) is 11.3 Å². The second-order valence-corrected chi connectivity index (χ2v) is 8.28. The van der Waals surface area contributed by atoms with E-state index in [1.807, 2.05) is 83.8 Å². The van der Waals surface area contributed by atoms with Crippen molar-refractivity contribution in [3.63, 3.8) is 0 Å². The average Bonchev–Trinajstić information content (AvgIpc) is 2.75. The topological polar surface area (TPSA) is 37.4 Å². The summed E-state index contributed by atoms with van der Waals surface area (Å²) in [6, 6.07) is 29.0. The molecular weight excluding hydrogens is 354 g/mol. The smallest absolute Gasteiger partial charge is 0.243 e. The minimum Gasteiger partial charge on any atom is -0.304 e. The molecule has 3 atom stereocenters. The third-order valence-corrected chi connectivity index (χ3v) is 6.67. The monoisotopic (exact) mass is 375 g/mol. The van der Waals surface area contributed by atoms with E-state index in [2.05, 4.69) is 12.1 Å². The molecule has 1 aliphatic rings. The molecule has 0 spiro atoms. The number of carbonyl (C=O) groups is 1. The fraction of sp³-hybridized carbons (Fsp3) is 0.174. The molecule has 27 heavy (non-hydrogen) atoms. The summed E-state index contributed by atoms with van der Waals surface area (Å²) < 4.78 is 13.1. The highest BCUT2D eigenvalue weighted by atomic mass is 32.2. The van der Waals surface area contributed by atoms with Crippen molar-refractivity contribution >= 4 is 22.4 Å². The van der Waals surface area contributed by atoms with Gasteiger partial charge in [0, 0.05) is 10.6 Å². The molecule has 0 radical (unpaired) electrons. The SMILES string of the molecule is O=C1C(S(=O)c2ccccc2)CCC(c2ccccc2)N1c1ccccc1. The third kappa shape index (κ3) is 3.58. The van der Waals surface area contributed by atoms with Crippen molar-refractivity contribution in [3.05, 3.63) is 96.6 Å². The Hall–Kier alpha value is -2.72. The number of amides is 1. The van der Waals surface area contributed by atoms with Crippen LogP contribution >= 0.6 is 0 Å². The summed E-state index contributed by atoms with van der Waals surface area (Å²) in [5, 5.41) is -0.521. The molecule has 0 bridgehead atoms. The molecule has 1 saturated heterocycles. The van der Waals surface area contributed by atoms with Crippen LogP contribution in [0.2, 0.25) is 0 Å². The minimum absolute atomic E-state index is 0.0369. The fourth-order valence-corrected chi connectivity index (χ4v) is 5.08. The Kier molecular flexibility index (Phi) is 5.16. The zero-order valence-electron chi connectivity index (χ0n) is 14.9. The van der Waals surface area contributed by atoms with Crippen molar-refractivity contribution in [1.82, 2.24) is 0 Å². The fourth-order valence-electron chi connectivity index (χ4n) is 3.67. The Bertz CT molecular complexity index is 928. The lowest BCUT2D eigenvalue weighted by Crippen LogP contribution is -2.48. The van der Waals surface area contributed by atoms with Crippen molar-refractivity contribution in [2.24, 2.45) is 0 Å². The number of benzene rings is 3. The van der Waals surface area contributed by atoms with Gasteiger partial charge in [-0.15, -0.1) is 0 Å². The third-order valence-electron chi connectivity index (χ3n) is 4.98. The Balaban J connectivity index is 1.71. The van der Waals surface area contributed by atoms with Gasteiger partial charge in [0.05, 0.1) is 16.8 Å². The van der Waals surface area contributed by atoms with Crippen molar-refractivity contribution < 1.29 is 9.00 Å². The summed E-state index contributed by atoms with van der Waals surface area (Å²) in [5.74, 6) is -0.0662. The van der Waals surface area contributed by atoms with Gasteiger partial charge in [-0.05, 0) is 42.7 Å². The average molecular weight is 375 g/mol. The van der Waals surface area contributed by atoms with Crippen molar-refractivity contribution in [2.75, 3.05) is 4.90 Å². The van der Waals surface area contributed by atoms with Gasteiger partial charge in [0.1, 0.15) is 5.25 Å². The lowest BCUT2D eigenvalue weighted by atomic mass is 9.94. The standard InChI is InChI=1S/C23H21NO2S/c25-23-22(27(26)20-14-8-3-9-15-20)17-16-21(18-10-4-1-5-11-18)24(23)19-12-6-2-7-13-19/h1-15,21-22H,16-17H2. The van der Waals surface area contributed by atoms with Gasteiger partial charge in [0.2, 0.25) is 5.91 Å². The summed E-state index contributed by atoms with van der Waals surface area (Å²) in [6.45, 7) is 0. The molecule has 1 heterocycles. The normalized spacial score (nSPS) is 21.0. The highest BCUT2D eigenvalue weighted by molar-refractivity contribution is 7.86. The predicted molar refractivity (Wildman–Crippen MR) is 109 cm³/mol. The number of carbonyl (C=O) groups excluding carboxylic acids is 1. The molecule has 3 unspecified atom stereocenters. The number of rotatable bonds is 4. The molecule has 0 saturated carbocycles. The van der Waals surface area contributed by atoms with Crippen molar-refractivity contribution in [3.8, 4) is 0 Å². The molecular formula is C23H21NO2S. The highest BCUT2D eigenvalue weighted by Crippen LogP contribution is 2.37. The zero-order chi connectivity index (χ0) is 18.6. The lowest BCUT2D eigenvalue weighted by Gasteiger charge is -2.39. The first-order valence-electron chi connectivity index (χ1n) is 9.14. The Morgan fingerprint density at radius 1 is 0.741 bits per heavy atom. The van der Waals surface area contributed by atoms with Crippen molar-refractivity contribution in [1.29, 1.82) is 0 Å². The van der Waals surface area contributed by atoms with Crippen LogP contribution in [0.5, 0.6) is 0 Å². The van der Waals surface area contributed by atoms with Gasteiger partial charge in [-0.2, -0.15) is 0 Å². The van der Waals surface area contributed by atoms with Crippen LogP contribution in [0.1, 0.15) is 24.4 Å². The summed E-state index contributed by atoms with van der Waals surface area (Å²) in [5.41, 5.74) is 1.96. The van der Waals surface area contributed by atoms with Gasteiger partial charge in [0.25, 0.3) is 0 Å². The highest BCUT2D eigenvalue weighted by Gasteiger charge is 2.40. The van der Waals surface area contributed by atoms with E-state index in [1.165, 1.54) is 0 Å². The lowest BCUT2D eigenvalue weighted by molar-refractivity contribution is -0.119. The van der Waals surface area contributed by atoms with E-state index in [9.17, 15) is 9.00 Å². The number of piperidine rings is 1. The number of hydrogen-bond acceptors (Lipinski definition) is 2. The molecule has 4 heteroatoms. The first kappa shape index (κ1) is 17.7. The van der Waals surface area contributed by atoms with Crippen molar-refractivity contribution in [2.45, 2.75) is 29.0 Å². The predicted octanol–water partition coefficient (Wildman–Crippen LogP) is 4.73. The van der Waals surface area contributed by atoms with Gasteiger partial charge in [-0.25, -0.2) is 0 Å². The number of nitrogens with zero attached hydrogens (tertiary/aromatic N) is 1. The second kappa shape index (κ2) is 7.89. The summed E-state index contributed by atoms with van der Waals surface area (Å²) >= 11 is 0. The minimum atomic E-state index is -1.36. The van der Waals surface area contributed by atoms with Crippen LogP contribution in [0.4, 0.5) is 5.69 Å². The molecule has 1 amide bonds. The maximum Gasteiger partial charge on any atom is 0.243 e. The van der Waals surface area contributed by atoms with E-state index in [4.69, 9.17) is 0 Å². The number of para-hydroxylation sites is 1. The molecule has 0 N–H and O–H groups in total. The molecule has 136 valence electrons. The summed E-state index contributed by atoms with van der Waals surface area (Å²) in [6.07, 6.45) is 1.40. The maximum atomic E-state index is 13.5. The van der Waals surface area contributed by atoms with E-state index in [0.717, 1.165) is 17.7 Å². The van der Waals surface area contributed by atoms with E-state index < -0.39 is 16.0 Å².